The van der Waals surface area contributed by atoms with Gasteiger partial charge in [0.25, 0.3) is 0 Å². The SMILES string of the molecule is CC1(C)CC(c2ccc(OCc3ccccc3)c[n+]2[O-])c2cc(C#N)ccc2O1. The second-order valence-corrected chi connectivity index (χ2v) is 7.87. The highest BCUT2D eigenvalue weighted by molar-refractivity contribution is 5.48. The van der Waals surface area contributed by atoms with Crippen molar-refractivity contribution >= 4 is 0 Å². The Hall–Kier alpha value is -3.52. The third kappa shape index (κ3) is 4.02. The molecular weight excluding hydrogens is 364 g/mol. The highest BCUT2D eigenvalue weighted by atomic mass is 16.5. The number of nitriles is 1. The van der Waals surface area contributed by atoms with E-state index in [0.717, 1.165) is 21.6 Å². The van der Waals surface area contributed by atoms with E-state index in [-0.39, 0.29) is 5.92 Å². The summed E-state index contributed by atoms with van der Waals surface area (Å²) < 4.78 is 12.7. The van der Waals surface area contributed by atoms with E-state index in [0.29, 0.717) is 30.0 Å². The molecule has 0 amide bonds. The fourth-order valence-electron chi connectivity index (χ4n) is 3.76. The van der Waals surface area contributed by atoms with Crippen LogP contribution in [0.3, 0.4) is 0 Å². The van der Waals surface area contributed by atoms with Gasteiger partial charge in [0.1, 0.15) is 18.0 Å². The first-order chi connectivity index (χ1) is 13.9. The van der Waals surface area contributed by atoms with Crippen molar-refractivity contribution in [1.29, 1.82) is 5.26 Å². The van der Waals surface area contributed by atoms with Crippen molar-refractivity contribution in [3.63, 3.8) is 0 Å². The molecule has 5 nitrogen and oxygen atoms in total. The number of pyridine rings is 1. The molecule has 0 spiro atoms. The van der Waals surface area contributed by atoms with E-state index in [9.17, 15) is 10.5 Å². The third-order valence-electron chi connectivity index (χ3n) is 5.12. The van der Waals surface area contributed by atoms with Crippen molar-refractivity contribution in [2.45, 2.75) is 38.4 Å². The molecule has 1 aromatic heterocycles. The van der Waals surface area contributed by atoms with Gasteiger partial charge in [-0.05, 0) is 43.7 Å². The molecule has 2 aromatic carbocycles. The monoisotopic (exact) mass is 386 g/mol. The Morgan fingerprint density at radius 3 is 2.69 bits per heavy atom. The molecule has 1 atom stereocenters. The fraction of sp³-hybridized carbons (Fsp3) is 0.250. The number of hydrogen-bond acceptors (Lipinski definition) is 4. The molecule has 146 valence electrons. The van der Waals surface area contributed by atoms with Gasteiger partial charge < -0.3 is 14.7 Å². The summed E-state index contributed by atoms with van der Waals surface area (Å²) in [5, 5.41) is 22.1. The maximum Gasteiger partial charge on any atom is 0.222 e. The number of rotatable bonds is 4. The van der Waals surface area contributed by atoms with Crippen LogP contribution in [0.25, 0.3) is 0 Å². The van der Waals surface area contributed by atoms with E-state index in [4.69, 9.17) is 9.47 Å². The largest absolute Gasteiger partial charge is 0.618 e. The van der Waals surface area contributed by atoms with Crippen molar-refractivity contribution < 1.29 is 14.2 Å². The summed E-state index contributed by atoms with van der Waals surface area (Å²) in [6.45, 7) is 4.42. The first kappa shape index (κ1) is 18.8. The summed E-state index contributed by atoms with van der Waals surface area (Å²) in [4.78, 5) is 0. The van der Waals surface area contributed by atoms with Crippen LogP contribution in [0.15, 0.2) is 66.9 Å². The van der Waals surface area contributed by atoms with Gasteiger partial charge in [-0.3, -0.25) is 0 Å². The molecule has 0 aliphatic carbocycles. The molecule has 4 rings (SSSR count). The molecule has 0 bridgehead atoms. The van der Waals surface area contributed by atoms with Crippen molar-refractivity contribution in [3.8, 4) is 17.6 Å². The lowest BCUT2D eigenvalue weighted by Gasteiger charge is -2.36. The van der Waals surface area contributed by atoms with Gasteiger partial charge in [0.05, 0.1) is 17.6 Å². The van der Waals surface area contributed by atoms with Gasteiger partial charge in [0.2, 0.25) is 11.9 Å². The van der Waals surface area contributed by atoms with Crippen LogP contribution >= 0.6 is 0 Å². The van der Waals surface area contributed by atoms with E-state index < -0.39 is 5.60 Å². The van der Waals surface area contributed by atoms with Gasteiger partial charge in [0.15, 0.2) is 5.75 Å². The van der Waals surface area contributed by atoms with Gasteiger partial charge in [-0.15, -0.1) is 0 Å². The molecule has 0 saturated heterocycles. The van der Waals surface area contributed by atoms with Crippen LogP contribution in [0.4, 0.5) is 0 Å². The Bertz CT molecular complexity index is 1070. The minimum absolute atomic E-state index is 0.164. The van der Waals surface area contributed by atoms with Gasteiger partial charge >= 0.3 is 0 Å². The molecule has 1 aliphatic rings. The summed E-state index contributed by atoms with van der Waals surface area (Å²) in [7, 11) is 0. The molecule has 1 aliphatic heterocycles. The average molecular weight is 386 g/mol. The van der Waals surface area contributed by atoms with Crippen LogP contribution in [-0.2, 0) is 6.61 Å². The van der Waals surface area contributed by atoms with E-state index >= 15 is 0 Å². The highest BCUT2D eigenvalue weighted by Crippen LogP contribution is 2.43. The van der Waals surface area contributed by atoms with Gasteiger partial charge in [-0.25, -0.2) is 0 Å². The lowest BCUT2D eigenvalue weighted by Crippen LogP contribution is -2.40. The standard InChI is InChI=1S/C24H22N2O3/c1-24(2)13-21(20-12-18(14-25)8-11-23(20)29-24)22-10-9-19(15-26(22)27)28-16-17-6-4-3-5-7-17/h3-12,15,21H,13,16H2,1-2H3. The van der Waals surface area contributed by atoms with Crippen molar-refractivity contribution in [2.24, 2.45) is 0 Å². The topological polar surface area (TPSA) is 69.2 Å². The van der Waals surface area contributed by atoms with E-state index in [1.54, 1.807) is 6.07 Å². The maximum atomic E-state index is 12.9. The van der Waals surface area contributed by atoms with Crippen LogP contribution in [0.2, 0.25) is 0 Å². The third-order valence-corrected chi connectivity index (χ3v) is 5.12. The summed E-state index contributed by atoms with van der Waals surface area (Å²) in [5.41, 5.74) is 2.66. The molecule has 0 N–H and O–H groups in total. The zero-order valence-electron chi connectivity index (χ0n) is 16.5. The number of ether oxygens (including phenoxy) is 2. The molecule has 0 radical (unpaired) electrons. The quantitative estimate of drug-likeness (QED) is 0.490. The zero-order chi connectivity index (χ0) is 20.4. The zero-order valence-corrected chi connectivity index (χ0v) is 16.5. The van der Waals surface area contributed by atoms with Crippen LogP contribution in [0.1, 0.15) is 48.6 Å². The highest BCUT2D eigenvalue weighted by Gasteiger charge is 2.38. The number of hydrogen-bond donors (Lipinski definition) is 0. The predicted molar refractivity (Wildman–Crippen MR) is 109 cm³/mol. The molecular formula is C24H22N2O3. The molecule has 2 heterocycles. The number of nitrogens with zero attached hydrogens (tertiary/aromatic N) is 2. The van der Waals surface area contributed by atoms with Gasteiger partial charge in [0, 0.05) is 18.1 Å². The first-order valence-corrected chi connectivity index (χ1v) is 9.58. The first-order valence-electron chi connectivity index (χ1n) is 9.58. The van der Waals surface area contributed by atoms with Gasteiger partial charge in [-0.2, -0.15) is 9.99 Å². The minimum atomic E-state index is -0.415. The van der Waals surface area contributed by atoms with Crippen LogP contribution in [0, 0.1) is 16.5 Å². The Balaban J connectivity index is 1.63. The molecule has 29 heavy (non-hydrogen) atoms. The second kappa shape index (κ2) is 7.48. The average Bonchev–Trinajstić information content (AvgIpc) is 2.72. The number of benzene rings is 2. The molecule has 5 heteroatoms. The van der Waals surface area contributed by atoms with Crippen molar-refractivity contribution in [2.75, 3.05) is 0 Å². The van der Waals surface area contributed by atoms with E-state index in [1.807, 2.05) is 68.4 Å². The predicted octanol–water partition coefficient (Wildman–Crippen LogP) is 4.46. The Morgan fingerprint density at radius 1 is 1.17 bits per heavy atom. The second-order valence-electron chi connectivity index (χ2n) is 7.87. The smallest absolute Gasteiger partial charge is 0.222 e. The summed E-state index contributed by atoms with van der Waals surface area (Å²) in [6, 6.07) is 21.0. The molecule has 0 fully saturated rings. The molecule has 1 unspecified atom stereocenters. The van der Waals surface area contributed by atoms with E-state index in [2.05, 4.69) is 6.07 Å². The van der Waals surface area contributed by atoms with Crippen molar-refractivity contribution in [1.82, 2.24) is 0 Å². The fourth-order valence-corrected chi connectivity index (χ4v) is 3.76. The van der Waals surface area contributed by atoms with Crippen LogP contribution in [0.5, 0.6) is 11.5 Å². The summed E-state index contributed by atoms with van der Waals surface area (Å²) in [6.07, 6.45) is 2.11. The lowest BCUT2D eigenvalue weighted by atomic mass is 9.81. The molecule has 3 aromatic rings. The van der Waals surface area contributed by atoms with Gasteiger partial charge in [-0.1, -0.05) is 30.3 Å². The number of aromatic nitrogens is 1. The maximum absolute atomic E-state index is 12.9. The molecule has 0 saturated carbocycles. The normalized spacial score (nSPS) is 16.9. The van der Waals surface area contributed by atoms with Crippen molar-refractivity contribution in [3.05, 3.63) is 94.5 Å². The number of fused-ring (bicyclic) bond motifs is 1. The Labute approximate surface area is 170 Å². The Morgan fingerprint density at radius 2 is 1.97 bits per heavy atom. The van der Waals surface area contributed by atoms with Crippen LogP contribution < -0.4 is 14.2 Å². The lowest BCUT2D eigenvalue weighted by molar-refractivity contribution is -0.615. The summed E-state index contributed by atoms with van der Waals surface area (Å²) in [5.74, 6) is 1.07. The minimum Gasteiger partial charge on any atom is -0.618 e. The summed E-state index contributed by atoms with van der Waals surface area (Å²) >= 11 is 0. The van der Waals surface area contributed by atoms with E-state index in [1.165, 1.54) is 6.20 Å². The van der Waals surface area contributed by atoms with Crippen LogP contribution in [-0.4, -0.2) is 5.60 Å². The Kier molecular flexibility index (Phi) is 4.85.